The lowest BCUT2D eigenvalue weighted by Gasteiger charge is -2.07. The summed E-state index contributed by atoms with van der Waals surface area (Å²) in [6.45, 7) is 0.00859. The van der Waals surface area contributed by atoms with Gasteiger partial charge in [-0.25, -0.2) is 17.9 Å². The summed E-state index contributed by atoms with van der Waals surface area (Å²) >= 11 is 0. The first-order chi connectivity index (χ1) is 9.77. The van der Waals surface area contributed by atoms with Crippen LogP contribution in [0.3, 0.4) is 0 Å². The molecule has 0 saturated heterocycles. The smallest absolute Gasteiger partial charge is 0.271 e. The number of halogens is 1. The molecule has 1 amide bonds. The number of sulfonamides is 1. The minimum absolute atomic E-state index is 0.00859. The van der Waals surface area contributed by atoms with Crippen molar-refractivity contribution in [3.8, 4) is 0 Å². The Balaban J connectivity index is 2.15. The van der Waals surface area contributed by atoms with Crippen LogP contribution in [-0.4, -0.2) is 14.3 Å². The molecule has 1 aromatic heterocycles. The molecule has 5 N–H and O–H groups in total. The Kier molecular flexibility index (Phi) is 3.96. The van der Waals surface area contributed by atoms with Crippen LogP contribution in [0.25, 0.3) is 0 Å². The van der Waals surface area contributed by atoms with Gasteiger partial charge in [-0.1, -0.05) is 0 Å². The average Bonchev–Trinajstić information content (AvgIpc) is 2.86. The molecule has 0 aliphatic rings. The maximum Gasteiger partial charge on any atom is 0.271 e. The number of furan rings is 1. The first kappa shape index (κ1) is 15.0. The Morgan fingerprint density at radius 1 is 1.29 bits per heavy atom. The van der Waals surface area contributed by atoms with Crippen molar-refractivity contribution in [2.24, 2.45) is 10.9 Å². The summed E-state index contributed by atoms with van der Waals surface area (Å²) in [5.41, 5.74) is 5.29. The number of carbonyl (C=O) groups is 1. The maximum atomic E-state index is 13.6. The molecular formula is C12H12FN3O4S. The zero-order chi connectivity index (χ0) is 15.6. The summed E-state index contributed by atoms with van der Waals surface area (Å²) < 4.78 is 40.7. The largest absolute Gasteiger partial charge is 0.446 e. The molecule has 0 aliphatic heterocycles. The van der Waals surface area contributed by atoms with Gasteiger partial charge >= 0.3 is 0 Å². The van der Waals surface area contributed by atoms with Crippen LogP contribution in [0, 0.1) is 5.82 Å². The van der Waals surface area contributed by atoms with Crippen molar-refractivity contribution in [1.82, 2.24) is 0 Å². The lowest BCUT2D eigenvalue weighted by atomic mass is 10.2. The molecule has 112 valence electrons. The standard InChI is InChI=1S/C12H12FN3O4S/c13-9-3-1-7(12(14)17)5-10(9)16-6-8-2-4-11(20-8)21(15,18)19/h1-5,16H,6H2,(H2,14,17)(H2,15,18,19). The molecule has 2 rings (SSSR count). The molecule has 9 heteroatoms. The Labute approximate surface area is 119 Å². The predicted octanol–water partition coefficient (Wildman–Crippen LogP) is 0.777. The second kappa shape index (κ2) is 5.54. The van der Waals surface area contributed by atoms with Gasteiger partial charge in [0.05, 0.1) is 12.2 Å². The molecule has 0 saturated carbocycles. The molecule has 1 heterocycles. The van der Waals surface area contributed by atoms with Crippen molar-refractivity contribution in [1.29, 1.82) is 0 Å². The molecule has 0 fully saturated rings. The van der Waals surface area contributed by atoms with Gasteiger partial charge in [-0.05, 0) is 30.3 Å². The monoisotopic (exact) mass is 313 g/mol. The summed E-state index contributed by atoms with van der Waals surface area (Å²) in [6.07, 6.45) is 0. The van der Waals surface area contributed by atoms with E-state index in [4.69, 9.17) is 15.3 Å². The first-order valence-electron chi connectivity index (χ1n) is 5.72. The first-order valence-corrected chi connectivity index (χ1v) is 7.27. The number of nitrogens with one attached hydrogen (secondary N) is 1. The lowest BCUT2D eigenvalue weighted by Crippen LogP contribution is -2.12. The molecule has 1 aromatic carbocycles. The number of anilines is 1. The van der Waals surface area contributed by atoms with Crippen molar-refractivity contribution in [2.75, 3.05) is 5.32 Å². The number of primary amides is 1. The minimum atomic E-state index is -3.92. The van der Waals surface area contributed by atoms with E-state index >= 15 is 0 Å². The normalized spacial score (nSPS) is 11.3. The van der Waals surface area contributed by atoms with E-state index in [1.807, 2.05) is 0 Å². The third-order valence-electron chi connectivity index (χ3n) is 2.62. The van der Waals surface area contributed by atoms with Gasteiger partial charge in [0.15, 0.2) is 0 Å². The quantitative estimate of drug-likeness (QED) is 0.751. The summed E-state index contributed by atoms with van der Waals surface area (Å²) in [6, 6.07) is 6.20. The van der Waals surface area contributed by atoms with Gasteiger partial charge in [0, 0.05) is 5.56 Å². The van der Waals surface area contributed by atoms with Crippen LogP contribution < -0.4 is 16.2 Å². The van der Waals surface area contributed by atoms with E-state index in [9.17, 15) is 17.6 Å². The number of nitrogens with two attached hydrogens (primary N) is 2. The van der Waals surface area contributed by atoms with Crippen LogP contribution in [0.4, 0.5) is 10.1 Å². The number of carbonyl (C=O) groups excluding carboxylic acids is 1. The molecule has 7 nitrogen and oxygen atoms in total. The van der Waals surface area contributed by atoms with E-state index in [1.165, 1.54) is 24.3 Å². The number of hydrogen-bond donors (Lipinski definition) is 3. The summed E-state index contributed by atoms with van der Waals surface area (Å²) in [7, 11) is -3.92. The lowest BCUT2D eigenvalue weighted by molar-refractivity contribution is 0.100. The van der Waals surface area contributed by atoms with Crippen molar-refractivity contribution >= 4 is 21.6 Å². The van der Waals surface area contributed by atoms with Crippen molar-refractivity contribution in [3.63, 3.8) is 0 Å². The molecular weight excluding hydrogens is 301 g/mol. The zero-order valence-corrected chi connectivity index (χ0v) is 11.5. The number of hydrogen-bond acceptors (Lipinski definition) is 5. The van der Waals surface area contributed by atoms with E-state index < -0.39 is 21.7 Å². The number of rotatable bonds is 5. The highest BCUT2D eigenvalue weighted by Crippen LogP contribution is 2.18. The van der Waals surface area contributed by atoms with Crippen LogP contribution in [0.5, 0.6) is 0 Å². The van der Waals surface area contributed by atoms with Crippen LogP contribution in [0.15, 0.2) is 39.8 Å². The summed E-state index contributed by atoms with van der Waals surface area (Å²) in [5.74, 6) is -1.03. The number of primary sulfonamides is 1. The molecule has 0 spiro atoms. The zero-order valence-electron chi connectivity index (χ0n) is 10.7. The Bertz CT molecular complexity index is 786. The predicted molar refractivity (Wildman–Crippen MR) is 72.3 cm³/mol. The number of amides is 1. The van der Waals surface area contributed by atoms with Gasteiger partial charge in [0.2, 0.25) is 11.0 Å². The molecule has 0 bridgehead atoms. The SMILES string of the molecule is NC(=O)c1ccc(F)c(NCc2ccc(S(N)(=O)=O)o2)c1. The van der Waals surface area contributed by atoms with E-state index in [2.05, 4.69) is 5.32 Å². The number of benzene rings is 1. The van der Waals surface area contributed by atoms with Crippen LogP contribution in [-0.2, 0) is 16.6 Å². The van der Waals surface area contributed by atoms with Crippen LogP contribution in [0.2, 0.25) is 0 Å². The maximum absolute atomic E-state index is 13.6. The van der Waals surface area contributed by atoms with Crippen molar-refractivity contribution in [2.45, 2.75) is 11.6 Å². The highest BCUT2D eigenvalue weighted by atomic mass is 32.2. The summed E-state index contributed by atoms with van der Waals surface area (Å²) in [5, 5.41) is 7.19. The summed E-state index contributed by atoms with van der Waals surface area (Å²) in [4.78, 5) is 11.0. The molecule has 0 unspecified atom stereocenters. The van der Waals surface area contributed by atoms with Gasteiger partial charge in [0.25, 0.3) is 10.0 Å². The van der Waals surface area contributed by atoms with E-state index in [0.29, 0.717) is 0 Å². The van der Waals surface area contributed by atoms with Crippen LogP contribution >= 0.6 is 0 Å². The van der Waals surface area contributed by atoms with Crippen LogP contribution in [0.1, 0.15) is 16.1 Å². The van der Waals surface area contributed by atoms with Gasteiger partial charge in [-0.3, -0.25) is 4.79 Å². The Hall–Kier alpha value is -2.39. The van der Waals surface area contributed by atoms with Gasteiger partial charge in [-0.15, -0.1) is 0 Å². The molecule has 2 aromatic rings. The third-order valence-corrected chi connectivity index (χ3v) is 3.40. The fourth-order valence-corrected chi connectivity index (χ4v) is 2.08. The van der Waals surface area contributed by atoms with Gasteiger partial charge in [-0.2, -0.15) is 0 Å². The minimum Gasteiger partial charge on any atom is -0.446 e. The third kappa shape index (κ3) is 3.58. The second-order valence-corrected chi connectivity index (χ2v) is 5.67. The molecule has 0 atom stereocenters. The fraction of sp³-hybridized carbons (Fsp3) is 0.0833. The second-order valence-electron chi connectivity index (χ2n) is 4.18. The molecule has 21 heavy (non-hydrogen) atoms. The average molecular weight is 313 g/mol. The molecule has 0 radical (unpaired) electrons. The van der Waals surface area contributed by atoms with Gasteiger partial charge < -0.3 is 15.5 Å². The topological polar surface area (TPSA) is 128 Å². The van der Waals surface area contributed by atoms with Gasteiger partial charge in [0.1, 0.15) is 11.6 Å². The Morgan fingerprint density at radius 3 is 2.57 bits per heavy atom. The fourth-order valence-electron chi connectivity index (χ4n) is 1.60. The molecule has 0 aliphatic carbocycles. The van der Waals surface area contributed by atoms with E-state index in [-0.39, 0.29) is 28.6 Å². The van der Waals surface area contributed by atoms with E-state index in [0.717, 1.165) is 6.07 Å². The highest BCUT2D eigenvalue weighted by Gasteiger charge is 2.13. The highest BCUT2D eigenvalue weighted by molar-refractivity contribution is 7.89. The Morgan fingerprint density at radius 2 is 2.00 bits per heavy atom. The van der Waals surface area contributed by atoms with Crippen molar-refractivity contribution in [3.05, 3.63) is 47.5 Å². The van der Waals surface area contributed by atoms with Crippen molar-refractivity contribution < 1.29 is 22.0 Å². The van der Waals surface area contributed by atoms with E-state index in [1.54, 1.807) is 0 Å².